The predicted molar refractivity (Wildman–Crippen MR) is 121 cm³/mol. The van der Waals surface area contributed by atoms with Crippen molar-refractivity contribution in [1.82, 2.24) is 0 Å². The molecular formula is C26H36O3. The second-order valence-electron chi connectivity index (χ2n) is 8.02. The van der Waals surface area contributed by atoms with Crippen molar-refractivity contribution in [3.63, 3.8) is 0 Å². The van der Waals surface area contributed by atoms with E-state index in [0.717, 1.165) is 31.2 Å². The number of allylic oxidation sites excluding steroid dienone is 1. The molecule has 0 radical (unpaired) electrons. The molecular weight excluding hydrogens is 360 g/mol. The monoisotopic (exact) mass is 396 g/mol. The number of benzene rings is 2. The average molecular weight is 397 g/mol. The predicted octanol–water partition coefficient (Wildman–Crippen LogP) is 6.54. The minimum absolute atomic E-state index is 0.199. The molecule has 2 unspecified atom stereocenters. The normalized spacial score (nSPS) is 12.9. The van der Waals surface area contributed by atoms with Gasteiger partial charge in [0.1, 0.15) is 5.75 Å². The van der Waals surface area contributed by atoms with Gasteiger partial charge in [-0.2, -0.15) is 0 Å². The maximum Gasteiger partial charge on any atom is 0.318 e. The van der Waals surface area contributed by atoms with Crippen LogP contribution in [0.25, 0.3) is 0 Å². The molecule has 3 nitrogen and oxygen atoms in total. The van der Waals surface area contributed by atoms with Crippen LogP contribution >= 0.6 is 0 Å². The van der Waals surface area contributed by atoms with Crippen molar-refractivity contribution >= 4 is 5.97 Å². The van der Waals surface area contributed by atoms with Crippen molar-refractivity contribution in [2.24, 2.45) is 5.92 Å². The Balaban J connectivity index is 0.000000331. The van der Waals surface area contributed by atoms with E-state index in [4.69, 9.17) is 4.74 Å². The highest BCUT2D eigenvalue weighted by Gasteiger charge is 2.20. The first kappa shape index (κ1) is 24.6. The van der Waals surface area contributed by atoms with Crippen LogP contribution in [0, 0.1) is 5.92 Å². The van der Waals surface area contributed by atoms with Crippen LogP contribution in [-0.2, 0) is 4.79 Å². The third-order valence-electron chi connectivity index (χ3n) is 4.71. The summed E-state index contributed by atoms with van der Waals surface area (Å²) in [5.74, 6) is 0.774. The van der Waals surface area contributed by atoms with Gasteiger partial charge >= 0.3 is 5.97 Å². The Morgan fingerprint density at radius 1 is 1.10 bits per heavy atom. The topological polar surface area (TPSA) is 46.5 Å². The number of aliphatic hydroxyl groups is 1. The number of hydrogen-bond acceptors (Lipinski definition) is 3. The summed E-state index contributed by atoms with van der Waals surface area (Å²) in [6.07, 6.45) is 5.79. The van der Waals surface area contributed by atoms with E-state index in [9.17, 15) is 9.90 Å². The molecule has 0 saturated heterocycles. The van der Waals surface area contributed by atoms with Gasteiger partial charge in [-0.1, -0.05) is 74.9 Å². The molecule has 0 aliphatic rings. The fourth-order valence-corrected chi connectivity index (χ4v) is 2.87. The van der Waals surface area contributed by atoms with Gasteiger partial charge in [-0.25, -0.2) is 0 Å². The van der Waals surface area contributed by atoms with Gasteiger partial charge in [0.05, 0.1) is 11.5 Å². The van der Waals surface area contributed by atoms with Gasteiger partial charge in [0.2, 0.25) is 0 Å². The van der Waals surface area contributed by atoms with Crippen LogP contribution in [0.2, 0.25) is 0 Å². The molecule has 0 aromatic heterocycles. The van der Waals surface area contributed by atoms with E-state index in [1.54, 1.807) is 12.1 Å². The van der Waals surface area contributed by atoms with Crippen molar-refractivity contribution in [3.05, 3.63) is 78.9 Å². The molecule has 0 saturated carbocycles. The average Bonchev–Trinajstić information content (AvgIpc) is 2.69. The van der Waals surface area contributed by atoms with Crippen LogP contribution in [0.4, 0.5) is 0 Å². The van der Waals surface area contributed by atoms with E-state index in [1.807, 2.05) is 75.4 Å². The molecule has 0 aliphatic heterocycles. The molecule has 2 aromatic carbocycles. The fraction of sp³-hybridized carbons (Fsp3) is 0.423. The molecule has 0 heterocycles. The molecule has 2 rings (SSSR count). The number of rotatable bonds is 9. The SMILES string of the molecule is C=CC(C)CCCC(C)(C)O.CCC(C(=O)Oc1ccccc1)c1ccccc1. The summed E-state index contributed by atoms with van der Waals surface area (Å²) < 4.78 is 5.38. The van der Waals surface area contributed by atoms with E-state index in [0.29, 0.717) is 11.7 Å². The standard InChI is InChI=1S/C16H16O2.C10H20O/c1-2-15(13-9-5-3-6-10-13)16(17)18-14-11-7-4-8-12-14;1-5-9(2)7-6-8-10(3,4)11/h3-12,15H,2H2,1H3;5,9,11H,1,6-8H2,2-4H3. The maximum atomic E-state index is 12.1. The molecule has 1 N–H and O–H groups in total. The summed E-state index contributed by atoms with van der Waals surface area (Å²) in [4.78, 5) is 12.1. The van der Waals surface area contributed by atoms with E-state index < -0.39 is 5.60 Å². The first-order chi connectivity index (χ1) is 13.8. The Morgan fingerprint density at radius 2 is 1.66 bits per heavy atom. The van der Waals surface area contributed by atoms with Crippen LogP contribution in [-0.4, -0.2) is 16.7 Å². The number of ether oxygens (including phenoxy) is 1. The third kappa shape index (κ3) is 10.7. The molecule has 2 aromatic rings. The number of carbonyl (C=O) groups excluding carboxylic acids is 1. The lowest BCUT2D eigenvalue weighted by Crippen LogP contribution is -2.18. The maximum absolute atomic E-state index is 12.1. The summed E-state index contributed by atoms with van der Waals surface area (Å²) >= 11 is 0. The Morgan fingerprint density at radius 3 is 2.14 bits per heavy atom. The van der Waals surface area contributed by atoms with Gasteiger partial charge in [0.15, 0.2) is 0 Å². The van der Waals surface area contributed by atoms with E-state index in [-0.39, 0.29) is 11.9 Å². The van der Waals surface area contributed by atoms with Crippen molar-refractivity contribution in [2.75, 3.05) is 0 Å². The van der Waals surface area contributed by atoms with Crippen molar-refractivity contribution in [2.45, 2.75) is 64.9 Å². The van der Waals surface area contributed by atoms with Gasteiger partial charge in [-0.05, 0) is 56.7 Å². The van der Waals surface area contributed by atoms with Gasteiger partial charge in [0, 0.05) is 0 Å². The smallest absolute Gasteiger partial charge is 0.318 e. The number of esters is 1. The Bertz CT molecular complexity index is 702. The first-order valence-corrected chi connectivity index (χ1v) is 10.4. The molecule has 29 heavy (non-hydrogen) atoms. The summed E-state index contributed by atoms with van der Waals surface area (Å²) in [6, 6.07) is 18.9. The van der Waals surface area contributed by atoms with E-state index in [2.05, 4.69) is 13.5 Å². The van der Waals surface area contributed by atoms with E-state index >= 15 is 0 Å². The lowest BCUT2D eigenvalue weighted by Gasteiger charge is -2.17. The Kier molecular flexibility index (Phi) is 11.0. The number of para-hydroxylation sites is 1. The minimum Gasteiger partial charge on any atom is -0.426 e. The fourth-order valence-electron chi connectivity index (χ4n) is 2.87. The molecule has 2 atom stereocenters. The minimum atomic E-state index is -0.499. The number of hydrogen-bond donors (Lipinski definition) is 1. The van der Waals surface area contributed by atoms with Crippen LogP contribution in [0.3, 0.4) is 0 Å². The molecule has 0 aliphatic carbocycles. The summed E-state index contributed by atoms with van der Waals surface area (Å²) in [5.41, 5.74) is 0.502. The Hall–Kier alpha value is -2.39. The van der Waals surface area contributed by atoms with Crippen LogP contribution in [0.5, 0.6) is 5.75 Å². The highest BCUT2D eigenvalue weighted by Crippen LogP contribution is 2.22. The lowest BCUT2D eigenvalue weighted by molar-refractivity contribution is -0.136. The zero-order valence-corrected chi connectivity index (χ0v) is 18.3. The van der Waals surface area contributed by atoms with Crippen molar-refractivity contribution in [3.8, 4) is 5.75 Å². The second kappa shape index (κ2) is 12.9. The van der Waals surface area contributed by atoms with E-state index in [1.165, 1.54) is 0 Å². The van der Waals surface area contributed by atoms with Crippen LogP contribution < -0.4 is 4.74 Å². The molecule has 3 heteroatoms. The molecule has 0 spiro atoms. The lowest BCUT2D eigenvalue weighted by atomic mass is 9.97. The third-order valence-corrected chi connectivity index (χ3v) is 4.71. The zero-order chi connectivity index (χ0) is 21.7. The first-order valence-electron chi connectivity index (χ1n) is 10.4. The molecule has 0 fully saturated rings. The van der Waals surface area contributed by atoms with Crippen molar-refractivity contribution in [1.29, 1.82) is 0 Å². The summed E-state index contributed by atoms with van der Waals surface area (Å²) in [6.45, 7) is 11.6. The molecule has 0 bridgehead atoms. The van der Waals surface area contributed by atoms with Crippen LogP contribution in [0.15, 0.2) is 73.3 Å². The van der Waals surface area contributed by atoms with Gasteiger partial charge in [-0.15, -0.1) is 6.58 Å². The molecule has 0 amide bonds. The molecule has 158 valence electrons. The largest absolute Gasteiger partial charge is 0.426 e. The van der Waals surface area contributed by atoms with Gasteiger partial charge in [-0.3, -0.25) is 4.79 Å². The summed E-state index contributed by atoms with van der Waals surface area (Å²) in [7, 11) is 0. The zero-order valence-electron chi connectivity index (χ0n) is 18.3. The summed E-state index contributed by atoms with van der Waals surface area (Å²) in [5, 5.41) is 9.38. The highest BCUT2D eigenvalue weighted by atomic mass is 16.5. The van der Waals surface area contributed by atoms with Gasteiger partial charge in [0.25, 0.3) is 0 Å². The quantitative estimate of drug-likeness (QED) is 0.297. The number of carbonyl (C=O) groups is 1. The van der Waals surface area contributed by atoms with Gasteiger partial charge < -0.3 is 9.84 Å². The van der Waals surface area contributed by atoms with Crippen LogP contribution in [0.1, 0.15) is 64.9 Å². The second-order valence-corrected chi connectivity index (χ2v) is 8.02. The Labute approximate surface area is 176 Å². The van der Waals surface area contributed by atoms with Crippen molar-refractivity contribution < 1.29 is 14.6 Å². The highest BCUT2D eigenvalue weighted by molar-refractivity contribution is 5.80.